The lowest BCUT2D eigenvalue weighted by atomic mass is 10.1. The predicted octanol–water partition coefficient (Wildman–Crippen LogP) is 4.28. The molecule has 0 aliphatic rings. The van der Waals surface area contributed by atoms with Crippen LogP contribution < -0.4 is 10.6 Å². The van der Waals surface area contributed by atoms with E-state index in [1.165, 1.54) is 0 Å². The molecule has 3 aromatic rings. The van der Waals surface area contributed by atoms with Crippen LogP contribution in [0.5, 0.6) is 0 Å². The Labute approximate surface area is 154 Å². The Morgan fingerprint density at radius 2 is 1.23 bits per heavy atom. The van der Waals surface area contributed by atoms with E-state index in [0.29, 0.717) is 13.2 Å². The number of benzene rings is 2. The normalized spacial score (nSPS) is 11.2. The monoisotopic (exact) mass is 353 g/mol. The number of ether oxygens (including phenoxy) is 2. The maximum atomic E-state index is 5.37. The van der Waals surface area contributed by atoms with Crippen LogP contribution in [0.25, 0.3) is 21.8 Å². The van der Waals surface area contributed by atoms with Crippen LogP contribution in [0.1, 0.15) is 13.8 Å². The third-order valence-electron chi connectivity index (χ3n) is 4.17. The summed E-state index contributed by atoms with van der Waals surface area (Å²) < 4.78 is 10.7. The van der Waals surface area contributed by atoms with Gasteiger partial charge in [0.2, 0.25) is 0 Å². The van der Waals surface area contributed by atoms with E-state index in [1.54, 1.807) is 0 Å². The fourth-order valence-corrected chi connectivity index (χ4v) is 2.87. The Bertz CT molecular complexity index is 784. The van der Waals surface area contributed by atoms with Gasteiger partial charge in [0.05, 0.1) is 24.2 Å². The van der Waals surface area contributed by atoms with Crippen LogP contribution in [-0.2, 0) is 9.47 Å². The summed E-state index contributed by atoms with van der Waals surface area (Å²) in [5, 5.41) is 9.05. The van der Waals surface area contributed by atoms with Gasteiger partial charge in [-0.05, 0) is 44.2 Å². The van der Waals surface area contributed by atoms with Crippen LogP contribution >= 0.6 is 0 Å². The van der Waals surface area contributed by atoms with Crippen LogP contribution in [0.2, 0.25) is 0 Å². The van der Waals surface area contributed by atoms with E-state index >= 15 is 0 Å². The number of pyridine rings is 1. The highest BCUT2D eigenvalue weighted by atomic mass is 16.5. The number of aromatic nitrogens is 1. The molecule has 0 saturated heterocycles. The summed E-state index contributed by atoms with van der Waals surface area (Å²) in [6.07, 6.45) is 0. The molecule has 0 radical (unpaired) electrons. The minimum atomic E-state index is 0.705. The standard InChI is InChI=1S/C21H27N3O2/c1-3-25-11-9-22-18-7-5-16-13-17-6-8-19(23-10-12-26-4-2)15-21(17)24-20(16)14-18/h5-8,13-15,22-23H,3-4,9-12H2,1-2H3. The van der Waals surface area contributed by atoms with Gasteiger partial charge in [-0.2, -0.15) is 0 Å². The third-order valence-corrected chi connectivity index (χ3v) is 4.17. The molecule has 0 fully saturated rings. The molecule has 138 valence electrons. The number of anilines is 2. The summed E-state index contributed by atoms with van der Waals surface area (Å²) in [6, 6.07) is 14.8. The van der Waals surface area contributed by atoms with Gasteiger partial charge in [0.1, 0.15) is 0 Å². The van der Waals surface area contributed by atoms with E-state index in [9.17, 15) is 0 Å². The van der Waals surface area contributed by atoms with E-state index in [-0.39, 0.29) is 0 Å². The molecule has 5 nitrogen and oxygen atoms in total. The first kappa shape index (κ1) is 18.4. The molecule has 2 aromatic carbocycles. The lowest BCUT2D eigenvalue weighted by Gasteiger charge is -2.10. The summed E-state index contributed by atoms with van der Waals surface area (Å²) in [7, 11) is 0. The Morgan fingerprint density at radius 3 is 1.69 bits per heavy atom. The minimum absolute atomic E-state index is 0.705. The molecule has 0 bridgehead atoms. The highest BCUT2D eigenvalue weighted by Gasteiger charge is 2.03. The first-order valence-corrected chi connectivity index (χ1v) is 9.28. The summed E-state index contributed by atoms with van der Waals surface area (Å²) >= 11 is 0. The first-order chi connectivity index (χ1) is 12.8. The summed E-state index contributed by atoms with van der Waals surface area (Å²) in [4.78, 5) is 4.85. The third kappa shape index (κ3) is 4.84. The van der Waals surface area contributed by atoms with Crippen molar-refractivity contribution in [3.8, 4) is 0 Å². The largest absolute Gasteiger partial charge is 0.383 e. The second kappa shape index (κ2) is 9.36. The van der Waals surface area contributed by atoms with Gasteiger partial charge < -0.3 is 20.1 Å². The second-order valence-electron chi connectivity index (χ2n) is 6.05. The minimum Gasteiger partial charge on any atom is -0.383 e. The molecule has 0 aliphatic carbocycles. The van der Waals surface area contributed by atoms with Gasteiger partial charge >= 0.3 is 0 Å². The van der Waals surface area contributed by atoms with Crippen molar-refractivity contribution < 1.29 is 9.47 Å². The highest BCUT2D eigenvalue weighted by Crippen LogP contribution is 2.24. The van der Waals surface area contributed by atoms with E-state index in [2.05, 4.69) is 53.1 Å². The molecule has 5 heteroatoms. The second-order valence-corrected chi connectivity index (χ2v) is 6.05. The number of hydrogen-bond donors (Lipinski definition) is 2. The van der Waals surface area contributed by atoms with Crippen molar-refractivity contribution in [2.24, 2.45) is 0 Å². The van der Waals surface area contributed by atoms with Crippen LogP contribution in [-0.4, -0.2) is 44.5 Å². The topological polar surface area (TPSA) is 55.4 Å². The van der Waals surface area contributed by atoms with E-state index < -0.39 is 0 Å². The molecule has 2 N–H and O–H groups in total. The number of rotatable bonds is 10. The molecule has 0 unspecified atom stereocenters. The van der Waals surface area contributed by atoms with Crippen LogP contribution in [0.15, 0.2) is 42.5 Å². The Kier molecular flexibility index (Phi) is 6.63. The van der Waals surface area contributed by atoms with Crippen molar-refractivity contribution in [2.45, 2.75) is 13.8 Å². The van der Waals surface area contributed by atoms with Crippen molar-refractivity contribution in [3.63, 3.8) is 0 Å². The van der Waals surface area contributed by atoms with Gasteiger partial charge in [0.25, 0.3) is 0 Å². The quantitative estimate of drug-likeness (QED) is 0.421. The molecule has 3 rings (SSSR count). The molecule has 1 aromatic heterocycles. The van der Waals surface area contributed by atoms with Crippen molar-refractivity contribution in [1.82, 2.24) is 4.98 Å². The lowest BCUT2D eigenvalue weighted by molar-refractivity contribution is 0.158. The lowest BCUT2D eigenvalue weighted by Crippen LogP contribution is -2.09. The fraction of sp³-hybridized carbons (Fsp3) is 0.381. The van der Waals surface area contributed by atoms with Crippen LogP contribution in [0.3, 0.4) is 0 Å². The van der Waals surface area contributed by atoms with Gasteiger partial charge in [-0.3, -0.25) is 0 Å². The van der Waals surface area contributed by atoms with Crippen molar-refractivity contribution in [3.05, 3.63) is 42.5 Å². The Balaban J connectivity index is 1.76. The van der Waals surface area contributed by atoms with Gasteiger partial charge in [-0.1, -0.05) is 12.1 Å². The molecular formula is C21H27N3O2. The molecule has 0 saturated carbocycles. The molecular weight excluding hydrogens is 326 g/mol. The molecule has 0 atom stereocenters. The summed E-state index contributed by atoms with van der Waals surface area (Å²) in [6.45, 7) is 8.49. The number of nitrogens with zero attached hydrogens (tertiary/aromatic N) is 1. The Morgan fingerprint density at radius 1 is 0.731 bits per heavy atom. The SMILES string of the molecule is CCOCCNc1ccc2cc3ccc(NCCOCC)cc3nc2c1. The van der Waals surface area contributed by atoms with Gasteiger partial charge in [-0.25, -0.2) is 4.98 Å². The summed E-state index contributed by atoms with van der Waals surface area (Å²) in [5.74, 6) is 0. The molecule has 0 aliphatic heterocycles. The van der Waals surface area contributed by atoms with Crippen molar-refractivity contribution in [2.75, 3.05) is 50.2 Å². The molecule has 0 spiro atoms. The zero-order valence-corrected chi connectivity index (χ0v) is 15.5. The van der Waals surface area contributed by atoms with Gasteiger partial charge in [0.15, 0.2) is 0 Å². The smallest absolute Gasteiger partial charge is 0.0730 e. The maximum Gasteiger partial charge on any atom is 0.0730 e. The highest BCUT2D eigenvalue weighted by molar-refractivity contribution is 5.95. The van der Waals surface area contributed by atoms with Crippen LogP contribution in [0, 0.1) is 0 Å². The zero-order valence-electron chi connectivity index (χ0n) is 15.5. The molecule has 26 heavy (non-hydrogen) atoms. The van der Waals surface area contributed by atoms with Crippen molar-refractivity contribution >= 4 is 33.2 Å². The fourth-order valence-electron chi connectivity index (χ4n) is 2.87. The number of hydrogen-bond acceptors (Lipinski definition) is 5. The van der Waals surface area contributed by atoms with E-state index in [4.69, 9.17) is 14.5 Å². The average Bonchev–Trinajstić information content (AvgIpc) is 2.67. The number of nitrogens with one attached hydrogen (secondary N) is 2. The van der Waals surface area contributed by atoms with Crippen molar-refractivity contribution in [1.29, 1.82) is 0 Å². The average molecular weight is 353 g/mol. The summed E-state index contributed by atoms with van der Waals surface area (Å²) in [5.41, 5.74) is 4.11. The molecule has 1 heterocycles. The van der Waals surface area contributed by atoms with Crippen LogP contribution in [0.4, 0.5) is 11.4 Å². The number of fused-ring (bicyclic) bond motifs is 2. The maximum absolute atomic E-state index is 5.37. The Hall–Kier alpha value is -2.37. The zero-order chi connectivity index (χ0) is 18.2. The van der Waals surface area contributed by atoms with E-state index in [1.807, 2.05) is 13.8 Å². The molecule has 0 amide bonds. The predicted molar refractivity (Wildman–Crippen MR) is 109 cm³/mol. The van der Waals surface area contributed by atoms with Gasteiger partial charge in [0, 0.05) is 48.5 Å². The van der Waals surface area contributed by atoms with Gasteiger partial charge in [-0.15, -0.1) is 0 Å². The van der Waals surface area contributed by atoms with E-state index in [0.717, 1.165) is 59.5 Å². The first-order valence-electron chi connectivity index (χ1n) is 9.28.